The zero-order chi connectivity index (χ0) is 14.4. The molecule has 2 rings (SSSR count). The molecule has 1 aromatic carbocycles. The number of aryl methyl sites for hydroxylation is 1. The highest BCUT2D eigenvalue weighted by atomic mass is 16.3. The van der Waals surface area contributed by atoms with Gasteiger partial charge < -0.3 is 16.2 Å². The number of para-hydroxylation sites is 1. The number of nitrogens with two attached hydrogens (primary N) is 1. The molecule has 0 heterocycles. The molecule has 2 atom stereocenters. The largest absolute Gasteiger partial charge is 0.399 e. The van der Waals surface area contributed by atoms with Crippen LogP contribution in [0.25, 0.3) is 0 Å². The summed E-state index contributed by atoms with van der Waals surface area (Å²) < 4.78 is 0. The van der Waals surface area contributed by atoms with E-state index in [1.165, 1.54) is 0 Å². The molecule has 1 amide bonds. The smallest absolute Gasteiger partial charge is 0.220 e. The van der Waals surface area contributed by atoms with Gasteiger partial charge in [-0.1, -0.05) is 24.6 Å². The van der Waals surface area contributed by atoms with Crippen molar-refractivity contribution in [2.45, 2.75) is 44.6 Å². The molecule has 1 saturated carbocycles. The van der Waals surface area contributed by atoms with Gasteiger partial charge in [0.05, 0.1) is 6.10 Å². The molecule has 0 spiro atoms. The van der Waals surface area contributed by atoms with Crippen molar-refractivity contribution in [1.29, 1.82) is 0 Å². The van der Waals surface area contributed by atoms with E-state index in [2.05, 4.69) is 5.32 Å². The highest BCUT2D eigenvalue weighted by molar-refractivity contribution is 5.76. The zero-order valence-corrected chi connectivity index (χ0v) is 11.8. The maximum absolute atomic E-state index is 11.8. The molecule has 1 fully saturated rings. The van der Waals surface area contributed by atoms with E-state index in [4.69, 9.17) is 5.73 Å². The summed E-state index contributed by atoms with van der Waals surface area (Å²) in [4.78, 5) is 11.8. The van der Waals surface area contributed by atoms with Gasteiger partial charge in [0.1, 0.15) is 0 Å². The highest BCUT2D eigenvalue weighted by Crippen LogP contribution is 2.23. The standard InChI is InChI=1S/C16H24N2O2/c17-15-7-2-1-5-13(15)8-9-16(20)18-11-12-4-3-6-14(19)10-12/h1-2,5,7,12,14,19H,3-4,6,8-11,17H2,(H,18,20). The second kappa shape index (κ2) is 7.29. The fourth-order valence-electron chi connectivity index (χ4n) is 2.80. The lowest BCUT2D eigenvalue weighted by molar-refractivity contribution is -0.121. The van der Waals surface area contributed by atoms with Crippen molar-refractivity contribution in [3.05, 3.63) is 29.8 Å². The van der Waals surface area contributed by atoms with Gasteiger partial charge in [-0.2, -0.15) is 0 Å². The SMILES string of the molecule is Nc1ccccc1CCC(=O)NCC1CCCC(O)C1. The third-order valence-corrected chi connectivity index (χ3v) is 4.02. The average molecular weight is 276 g/mol. The molecule has 0 radical (unpaired) electrons. The number of aliphatic hydroxyl groups excluding tert-OH is 1. The number of anilines is 1. The quantitative estimate of drug-likeness (QED) is 0.719. The van der Waals surface area contributed by atoms with Crippen molar-refractivity contribution >= 4 is 11.6 Å². The van der Waals surface area contributed by atoms with E-state index >= 15 is 0 Å². The number of benzene rings is 1. The van der Waals surface area contributed by atoms with Gasteiger partial charge in [-0.05, 0) is 43.2 Å². The summed E-state index contributed by atoms with van der Waals surface area (Å²) in [6, 6.07) is 7.65. The molecule has 0 aromatic heterocycles. The molecular weight excluding hydrogens is 252 g/mol. The van der Waals surface area contributed by atoms with Gasteiger partial charge in [-0.25, -0.2) is 0 Å². The summed E-state index contributed by atoms with van der Waals surface area (Å²) >= 11 is 0. The molecule has 0 aliphatic heterocycles. The fourth-order valence-corrected chi connectivity index (χ4v) is 2.80. The summed E-state index contributed by atoms with van der Waals surface area (Å²) in [5.41, 5.74) is 7.62. The lowest BCUT2D eigenvalue weighted by atomic mass is 9.87. The first-order chi connectivity index (χ1) is 9.65. The van der Waals surface area contributed by atoms with Gasteiger partial charge in [-0.15, -0.1) is 0 Å². The number of hydrogen-bond acceptors (Lipinski definition) is 3. The van der Waals surface area contributed by atoms with Crippen LogP contribution in [0.5, 0.6) is 0 Å². The minimum atomic E-state index is -0.185. The van der Waals surface area contributed by atoms with Gasteiger partial charge in [0, 0.05) is 18.7 Å². The molecule has 2 unspecified atom stereocenters. The number of rotatable bonds is 5. The molecule has 0 bridgehead atoms. The van der Waals surface area contributed by atoms with Crippen molar-refractivity contribution in [2.75, 3.05) is 12.3 Å². The number of carbonyl (C=O) groups excluding carboxylic acids is 1. The molecule has 4 N–H and O–H groups in total. The predicted octanol–water partition coefficient (Wildman–Crippen LogP) is 1.87. The maximum atomic E-state index is 11.8. The molecule has 1 aromatic rings. The Kier molecular flexibility index (Phi) is 5.41. The Hall–Kier alpha value is -1.55. The molecule has 1 aliphatic rings. The number of hydrogen-bond donors (Lipinski definition) is 3. The van der Waals surface area contributed by atoms with Crippen LogP contribution < -0.4 is 11.1 Å². The van der Waals surface area contributed by atoms with E-state index in [-0.39, 0.29) is 12.0 Å². The first-order valence-electron chi connectivity index (χ1n) is 7.43. The molecule has 0 saturated heterocycles. The van der Waals surface area contributed by atoms with Crippen molar-refractivity contribution < 1.29 is 9.90 Å². The van der Waals surface area contributed by atoms with Gasteiger partial charge in [0.25, 0.3) is 0 Å². The first kappa shape index (κ1) is 14.9. The second-order valence-electron chi connectivity index (χ2n) is 5.69. The summed E-state index contributed by atoms with van der Waals surface area (Å²) in [6.07, 6.45) is 4.82. The Morgan fingerprint density at radius 1 is 1.35 bits per heavy atom. The molecule has 1 aliphatic carbocycles. The van der Waals surface area contributed by atoms with E-state index < -0.39 is 0 Å². The van der Waals surface area contributed by atoms with Crippen molar-refractivity contribution in [1.82, 2.24) is 5.32 Å². The monoisotopic (exact) mass is 276 g/mol. The number of nitrogens with one attached hydrogen (secondary N) is 1. The van der Waals surface area contributed by atoms with Crippen LogP contribution in [-0.4, -0.2) is 23.7 Å². The summed E-state index contributed by atoms with van der Waals surface area (Å²) in [7, 11) is 0. The van der Waals surface area contributed by atoms with Crippen LogP contribution in [-0.2, 0) is 11.2 Å². The van der Waals surface area contributed by atoms with Crippen LogP contribution in [0.4, 0.5) is 5.69 Å². The lowest BCUT2D eigenvalue weighted by Crippen LogP contribution is -2.33. The average Bonchev–Trinajstić information content (AvgIpc) is 2.44. The third kappa shape index (κ3) is 4.53. The summed E-state index contributed by atoms with van der Waals surface area (Å²) in [6.45, 7) is 0.681. The van der Waals surface area contributed by atoms with Gasteiger partial charge >= 0.3 is 0 Å². The van der Waals surface area contributed by atoms with E-state index in [9.17, 15) is 9.90 Å². The molecule has 4 heteroatoms. The van der Waals surface area contributed by atoms with Crippen molar-refractivity contribution in [3.8, 4) is 0 Å². The molecule has 4 nitrogen and oxygen atoms in total. The summed E-state index contributed by atoms with van der Waals surface area (Å²) in [5, 5.41) is 12.6. The van der Waals surface area contributed by atoms with E-state index in [0.29, 0.717) is 25.3 Å². The van der Waals surface area contributed by atoms with Crippen LogP contribution in [0, 0.1) is 5.92 Å². The van der Waals surface area contributed by atoms with Gasteiger partial charge in [0.15, 0.2) is 0 Å². The van der Waals surface area contributed by atoms with Crippen LogP contribution in [0.1, 0.15) is 37.7 Å². The Labute approximate surface area is 120 Å². The fraction of sp³-hybridized carbons (Fsp3) is 0.562. The molecule has 110 valence electrons. The van der Waals surface area contributed by atoms with E-state index in [0.717, 1.165) is 36.9 Å². The van der Waals surface area contributed by atoms with Gasteiger partial charge in [0.2, 0.25) is 5.91 Å². The number of aliphatic hydroxyl groups is 1. The van der Waals surface area contributed by atoms with E-state index in [1.807, 2.05) is 24.3 Å². The predicted molar refractivity (Wildman–Crippen MR) is 80.1 cm³/mol. The Balaban J connectivity index is 1.69. The minimum absolute atomic E-state index is 0.0633. The second-order valence-corrected chi connectivity index (χ2v) is 5.69. The maximum Gasteiger partial charge on any atom is 0.220 e. The lowest BCUT2D eigenvalue weighted by Gasteiger charge is -2.25. The first-order valence-corrected chi connectivity index (χ1v) is 7.43. The van der Waals surface area contributed by atoms with E-state index in [1.54, 1.807) is 0 Å². The number of nitrogen functional groups attached to an aromatic ring is 1. The van der Waals surface area contributed by atoms with Crippen molar-refractivity contribution in [3.63, 3.8) is 0 Å². The molecular formula is C16H24N2O2. The topological polar surface area (TPSA) is 75.4 Å². The Bertz CT molecular complexity index is 448. The Morgan fingerprint density at radius 3 is 2.90 bits per heavy atom. The normalized spacial score (nSPS) is 22.4. The van der Waals surface area contributed by atoms with Crippen LogP contribution in [0.15, 0.2) is 24.3 Å². The van der Waals surface area contributed by atoms with Gasteiger partial charge in [-0.3, -0.25) is 4.79 Å². The number of amides is 1. The zero-order valence-electron chi connectivity index (χ0n) is 11.8. The van der Waals surface area contributed by atoms with Crippen LogP contribution in [0.2, 0.25) is 0 Å². The highest BCUT2D eigenvalue weighted by Gasteiger charge is 2.20. The van der Waals surface area contributed by atoms with Crippen LogP contribution in [0.3, 0.4) is 0 Å². The van der Waals surface area contributed by atoms with Crippen LogP contribution >= 0.6 is 0 Å². The number of carbonyl (C=O) groups is 1. The molecule has 20 heavy (non-hydrogen) atoms. The minimum Gasteiger partial charge on any atom is -0.399 e. The third-order valence-electron chi connectivity index (χ3n) is 4.02. The summed E-state index contributed by atoms with van der Waals surface area (Å²) in [5.74, 6) is 0.484. The Morgan fingerprint density at radius 2 is 2.15 bits per heavy atom. The van der Waals surface area contributed by atoms with Crippen molar-refractivity contribution in [2.24, 2.45) is 5.92 Å².